The molecule has 7 heteroatoms. The molecule has 0 spiro atoms. The van der Waals surface area contributed by atoms with E-state index < -0.39 is 5.41 Å². The van der Waals surface area contributed by atoms with E-state index in [1.807, 2.05) is 11.0 Å². The minimum Gasteiger partial charge on any atom is -0.375 e. The van der Waals surface area contributed by atoms with Gasteiger partial charge >= 0.3 is 0 Å². The summed E-state index contributed by atoms with van der Waals surface area (Å²) in [6.45, 7) is 4.73. The van der Waals surface area contributed by atoms with E-state index in [0.717, 1.165) is 19.5 Å². The Balaban J connectivity index is 1.24. The van der Waals surface area contributed by atoms with Gasteiger partial charge in [-0.15, -0.1) is 0 Å². The highest BCUT2D eigenvalue weighted by Gasteiger charge is 2.38. The van der Waals surface area contributed by atoms with Crippen LogP contribution in [0.25, 0.3) is 11.6 Å². The summed E-state index contributed by atoms with van der Waals surface area (Å²) >= 11 is 0. The van der Waals surface area contributed by atoms with Gasteiger partial charge in [0.2, 0.25) is 11.8 Å². The number of nitrogens with zero attached hydrogens (tertiary/aromatic N) is 2. The molecule has 2 N–H and O–H groups in total. The van der Waals surface area contributed by atoms with Crippen LogP contribution < -0.4 is 10.6 Å². The summed E-state index contributed by atoms with van der Waals surface area (Å²) in [5.41, 5.74) is 2.80. The van der Waals surface area contributed by atoms with Crippen molar-refractivity contribution in [2.24, 2.45) is 17.3 Å². The number of amides is 2. The van der Waals surface area contributed by atoms with E-state index in [1.54, 1.807) is 38.3 Å². The maximum atomic E-state index is 12.8. The highest BCUT2D eigenvalue weighted by atomic mass is 16.2. The van der Waals surface area contributed by atoms with Gasteiger partial charge in [0.1, 0.15) is 5.41 Å². The van der Waals surface area contributed by atoms with Crippen molar-refractivity contribution in [3.05, 3.63) is 65.9 Å². The largest absolute Gasteiger partial charge is 0.375 e. The molecule has 0 saturated carbocycles. The van der Waals surface area contributed by atoms with E-state index in [0.29, 0.717) is 28.9 Å². The zero-order valence-corrected chi connectivity index (χ0v) is 19.4. The summed E-state index contributed by atoms with van der Waals surface area (Å²) in [5, 5.41) is 5.78. The first-order chi connectivity index (χ1) is 16.3. The minimum absolute atomic E-state index is 0.0195. The number of nitrogens with one attached hydrogen (secondary N) is 2. The average Bonchev–Trinajstić information content (AvgIpc) is 3.41. The summed E-state index contributed by atoms with van der Waals surface area (Å²) in [5.74, 6) is 0.656. The molecule has 2 aromatic rings. The SMILES string of the molecule is CC1(C)C(=O)CNc2cc(/C=C/C(=O)N3CC4C=C(c5ccccc5)CC4C3)cnc2NC1=O. The second-order valence-corrected chi connectivity index (χ2v) is 9.78. The second kappa shape index (κ2) is 8.56. The maximum Gasteiger partial charge on any atom is 0.246 e. The van der Waals surface area contributed by atoms with Gasteiger partial charge in [-0.2, -0.15) is 0 Å². The number of ketones is 1. The van der Waals surface area contributed by atoms with Crippen LogP contribution in [0.3, 0.4) is 0 Å². The van der Waals surface area contributed by atoms with Gasteiger partial charge < -0.3 is 15.5 Å². The van der Waals surface area contributed by atoms with E-state index in [4.69, 9.17) is 0 Å². The lowest BCUT2D eigenvalue weighted by Gasteiger charge is -2.26. The molecule has 0 radical (unpaired) electrons. The molecule has 1 aliphatic carbocycles. The van der Waals surface area contributed by atoms with Crippen molar-refractivity contribution >= 4 is 40.8 Å². The van der Waals surface area contributed by atoms with Gasteiger partial charge in [-0.25, -0.2) is 4.98 Å². The topological polar surface area (TPSA) is 91.4 Å². The maximum absolute atomic E-state index is 12.8. The fraction of sp³-hybridized carbons (Fsp3) is 0.333. The molecule has 3 heterocycles. The number of carbonyl (C=O) groups is 3. The third kappa shape index (κ3) is 4.14. The average molecular weight is 457 g/mol. The number of aromatic nitrogens is 1. The molecule has 3 aliphatic rings. The Morgan fingerprint density at radius 1 is 1.18 bits per heavy atom. The van der Waals surface area contributed by atoms with Gasteiger partial charge in [0.25, 0.3) is 0 Å². The zero-order chi connectivity index (χ0) is 23.9. The van der Waals surface area contributed by atoms with Crippen molar-refractivity contribution in [3.63, 3.8) is 0 Å². The fourth-order valence-corrected chi connectivity index (χ4v) is 4.82. The Hall–Kier alpha value is -3.74. The van der Waals surface area contributed by atoms with Crippen LogP contribution in [0, 0.1) is 17.3 Å². The Morgan fingerprint density at radius 2 is 1.97 bits per heavy atom. The Kier molecular flexibility index (Phi) is 5.55. The van der Waals surface area contributed by atoms with Crippen molar-refractivity contribution in [2.45, 2.75) is 20.3 Å². The van der Waals surface area contributed by atoms with Crippen molar-refractivity contribution < 1.29 is 14.4 Å². The van der Waals surface area contributed by atoms with Crippen molar-refractivity contribution in [1.82, 2.24) is 9.88 Å². The minimum atomic E-state index is -1.12. The van der Waals surface area contributed by atoms with E-state index in [1.165, 1.54) is 11.1 Å². The number of pyridine rings is 1. The highest BCUT2D eigenvalue weighted by molar-refractivity contribution is 6.13. The van der Waals surface area contributed by atoms with E-state index >= 15 is 0 Å². The lowest BCUT2D eigenvalue weighted by molar-refractivity contribution is -0.136. The summed E-state index contributed by atoms with van der Waals surface area (Å²) < 4.78 is 0. The van der Waals surface area contributed by atoms with Crippen LogP contribution in [0.15, 0.2) is 54.7 Å². The van der Waals surface area contributed by atoms with Crippen LogP contribution in [0.5, 0.6) is 0 Å². The summed E-state index contributed by atoms with van der Waals surface area (Å²) in [4.78, 5) is 43.8. The third-order valence-corrected chi connectivity index (χ3v) is 7.11. The molecule has 1 fully saturated rings. The van der Waals surface area contributed by atoms with Crippen LogP contribution in [0.1, 0.15) is 31.4 Å². The molecule has 2 amide bonds. The second-order valence-electron chi connectivity index (χ2n) is 9.78. The quantitative estimate of drug-likeness (QED) is 0.544. The standard InChI is InChI=1S/C27H28N4O3/c1-27(2)23(32)14-28-22-10-17(13-29-25(22)30-26(27)34)8-9-24(33)31-15-20-11-19(12-21(20)16-31)18-6-4-3-5-7-18/h3-11,13,20-21,28H,12,14-16H2,1-2H3,(H,29,30,34)/b9-8+. The van der Waals surface area contributed by atoms with Crippen LogP contribution in [0.4, 0.5) is 11.5 Å². The first-order valence-electron chi connectivity index (χ1n) is 11.6. The fourth-order valence-electron chi connectivity index (χ4n) is 4.82. The van der Waals surface area contributed by atoms with Crippen LogP contribution in [-0.4, -0.2) is 47.1 Å². The number of anilines is 2. The first kappa shape index (κ1) is 22.1. The monoisotopic (exact) mass is 456 g/mol. The summed E-state index contributed by atoms with van der Waals surface area (Å²) in [6.07, 6.45) is 8.24. The van der Waals surface area contributed by atoms with Gasteiger partial charge in [-0.3, -0.25) is 14.4 Å². The molecular formula is C27H28N4O3. The van der Waals surface area contributed by atoms with E-state index in [-0.39, 0.29) is 24.1 Å². The molecule has 174 valence electrons. The van der Waals surface area contributed by atoms with Crippen molar-refractivity contribution in [3.8, 4) is 0 Å². The van der Waals surface area contributed by atoms with Crippen molar-refractivity contribution in [2.75, 3.05) is 30.3 Å². The molecule has 2 unspecified atom stereocenters. The molecule has 0 bridgehead atoms. The molecule has 1 saturated heterocycles. The summed E-state index contributed by atoms with van der Waals surface area (Å²) in [6, 6.07) is 12.2. The summed E-state index contributed by atoms with van der Waals surface area (Å²) in [7, 11) is 0. The third-order valence-electron chi connectivity index (χ3n) is 7.11. The molecule has 34 heavy (non-hydrogen) atoms. The number of carbonyl (C=O) groups excluding carboxylic acids is 3. The zero-order valence-electron chi connectivity index (χ0n) is 19.4. The Morgan fingerprint density at radius 3 is 2.74 bits per heavy atom. The number of hydrogen-bond donors (Lipinski definition) is 2. The smallest absolute Gasteiger partial charge is 0.246 e. The van der Waals surface area contributed by atoms with E-state index in [9.17, 15) is 14.4 Å². The molecule has 1 aromatic heterocycles. The van der Waals surface area contributed by atoms with Gasteiger partial charge in [0.05, 0.1) is 12.2 Å². The number of rotatable bonds is 3. The lowest BCUT2D eigenvalue weighted by Crippen LogP contribution is -2.43. The lowest BCUT2D eigenvalue weighted by atomic mass is 9.86. The van der Waals surface area contributed by atoms with E-state index in [2.05, 4.69) is 46.0 Å². The highest BCUT2D eigenvalue weighted by Crippen LogP contribution is 2.41. The van der Waals surface area contributed by atoms with Gasteiger partial charge in [0, 0.05) is 25.4 Å². The number of likely N-dealkylation sites (tertiary alicyclic amines) is 1. The molecule has 1 aromatic carbocycles. The molecule has 5 rings (SSSR count). The van der Waals surface area contributed by atoms with Crippen LogP contribution in [0.2, 0.25) is 0 Å². The van der Waals surface area contributed by atoms with Crippen LogP contribution >= 0.6 is 0 Å². The number of hydrogen-bond acceptors (Lipinski definition) is 5. The predicted octanol–water partition coefficient (Wildman–Crippen LogP) is 3.62. The molecule has 2 atom stereocenters. The Bertz CT molecular complexity index is 1220. The van der Waals surface area contributed by atoms with Crippen LogP contribution in [-0.2, 0) is 14.4 Å². The normalized spacial score (nSPS) is 23.5. The Labute approximate surface area is 198 Å². The first-order valence-corrected chi connectivity index (χ1v) is 11.6. The van der Waals surface area contributed by atoms with Gasteiger partial charge in [0.15, 0.2) is 11.6 Å². The number of allylic oxidation sites excluding steroid dienone is 1. The van der Waals surface area contributed by atoms with Crippen molar-refractivity contribution in [1.29, 1.82) is 0 Å². The predicted molar refractivity (Wildman–Crippen MR) is 132 cm³/mol. The molecular weight excluding hydrogens is 428 g/mol. The number of benzene rings is 1. The number of Topliss-reactive ketones (excluding diaryl/α,β-unsaturated/α-hetero) is 1. The molecule has 2 aliphatic heterocycles. The van der Waals surface area contributed by atoms with Gasteiger partial charge in [-0.1, -0.05) is 36.4 Å². The molecule has 7 nitrogen and oxygen atoms in total. The van der Waals surface area contributed by atoms with Gasteiger partial charge in [-0.05, 0) is 60.9 Å². The number of fused-ring (bicyclic) bond motifs is 2.